The van der Waals surface area contributed by atoms with Crippen molar-refractivity contribution in [3.05, 3.63) is 89.9 Å². The number of methoxy groups -OCH3 is 1. The highest BCUT2D eigenvalue weighted by atomic mass is 16.5. The molecule has 4 heterocycles. The topological polar surface area (TPSA) is 137 Å². The highest BCUT2D eigenvalue weighted by Gasteiger charge is 2.25. The van der Waals surface area contributed by atoms with E-state index in [-0.39, 0.29) is 23.8 Å². The Bertz CT molecular complexity index is 1560. The fourth-order valence-corrected chi connectivity index (χ4v) is 5.12. The molecule has 0 spiro atoms. The first-order chi connectivity index (χ1) is 21.1. The summed E-state index contributed by atoms with van der Waals surface area (Å²) in [5.41, 5.74) is 3.61. The molecule has 0 bridgehead atoms. The van der Waals surface area contributed by atoms with Gasteiger partial charge in [0.05, 0.1) is 18.0 Å². The fraction of sp³-hybridized carbons (Fsp3) is 0.290. The predicted octanol–water partition coefficient (Wildman–Crippen LogP) is 3.71. The van der Waals surface area contributed by atoms with Crippen molar-refractivity contribution in [1.82, 2.24) is 19.9 Å². The molecule has 1 fully saturated rings. The number of amides is 1. The number of phenolic OH excluding ortho intramolecular Hbond substituents is 1. The molecule has 2 aliphatic heterocycles. The summed E-state index contributed by atoms with van der Waals surface area (Å²) >= 11 is 0. The van der Waals surface area contributed by atoms with Crippen LogP contribution in [-0.4, -0.2) is 77.3 Å². The number of carbonyl (C=O) groups excluding carboxylic acids is 1. The van der Waals surface area contributed by atoms with Gasteiger partial charge < -0.3 is 30.1 Å². The van der Waals surface area contributed by atoms with E-state index in [9.17, 15) is 9.90 Å². The van der Waals surface area contributed by atoms with Crippen molar-refractivity contribution in [3.8, 4) is 11.5 Å². The summed E-state index contributed by atoms with van der Waals surface area (Å²) in [6, 6.07) is 16.2. The van der Waals surface area contributed by atoms with E-state index in [4.69, 9.17) is 9.47 Å². The molecule has 0 aliphatic carbocycles. The zero-order chi connectivity index (χ0) is 29.6. The Morgan fingerprint density at radius 3 is 2.70 bits per heavy atom. The summed E-state index contributed by atoms with van der Waals surface area (Å²) in [6.07, 6.45) is 4.73. The minimum atomic E-state index is -0.379. The first-order valence-corrected chi connectivity index (χ1v) is 14.2. The summed E-state index contributed by atoms with van der Waals surface area (Å²) in [5.74, 6) is 1.37. The molecule has 43 heavy (non-hydrogen) atoms. The van der Waals surface area contributed by atoms with E-state index in [1.165, 1.54) is 0 Å². The average Bonchev–Trinajstić information content (AvgIpc) is 3.47. The van der Waals surface area contributed by atoms with E-state index in [1.54, 1.807) is 43.9 Å². The number of nitrogens with zero attached hydrogens (tertiary/aromatic N) is 5. The smallest absolute Gasteiger partial charge is 0.258 e. The van der Waals surface area contributed by atoms with Crippen molar-refractivity contribution in [2.24, 2.45) is 0 Å². The lowest BCUT2D eigenvalue weighted by Gasteiger charge is -2.35. The van der Waals surface area contributed by atoms with Gasteiger partial charge in [0.15, 0.2) is 0 Å². The molecule has 12 heteroatoms. The van der Waals surface area contributed by atoms with Crippen LogP contribution in [0.15, 0.2) is 73.2 Å². The molecule has 222 valence electrons. The van der Waals surface area contributed by atoms with Gasteiger partial charge in [0, 0.05) is 81.2 Å². The molecule has 0 radical (unpaired) electrons. The lowest BCUT2D eigenvalue weighted by molar-refractivity contribution is 0.102. The standard InChI is InChI=1S/C31H34N8O4/c1-42-16-15-38-11-13-39(14-12-38)28-8-10-33-31(36-28)37-30(41)22-4-7-25-26(17-22)35-29(34-25)24-6-5-23(18-27(24)40)43-20-21-3-2-9-32-19-21/h2-10,17-19,29,34-35,40H,11-16,20H2,1H3,(H,33,36,37,41). The lowest BCUT2D eigenvalue weighted by atomic mass is 10.1. The first kappa shape index (κ1) is 28.2. The van der Waals surface area contributed by atoms with Gasteiger partial charge in [-0.2, -0.15) is 4.98 Å². The minimum absolute atomic E-state index is 0.0906. The molecular weight excluding hydrogens is 548 g/mol. The quantitative estimate of drug-likeness (QED) is 0.218. The summed E-state index contributed by atoms with van der Waals surface area (Å²) < 4.78 is 11.0. The number of benzene rings is 2. The van der Waals surface area contributed by atoms with Gasteiger partial charge in [0.2, 0.25) is 5.95 Å². The van der Waals surface area contributed by atoms with E-state index in [0.29, 0.717) is 23.5 Å². The lowest BCUT2D eigenvalue weighted by Crippen LogP contribution is -2.47. The van der Waals surface area contributed by atoms with Crippen molar-refractivity contribution in [2.75, 3.05) is 67.3 Å². The summed E-state index contributed by atoms with van der Waals surface area (Å²) in [4.78, 5) is 30.6. The van der Waals surface area contributed by atoms with Crippen LogP contribution in [0.5, 0.6) is 11.5 Å². The summed E-state index contributed by atoms with van der Waals surface area (Å²) in [7, 11) is 1.72. The Morgan fingerprint density at radius 1 is 1.05 bits per heavy atom. The molecule has 0 saturated carbocycles. The van der Waals surface area contributed by atoms with Gasteiger partial charge in [-0.15, -0.1) is 0 Å². The molecule has 4 N–H and O–H groups in total. The third-order valence-corrected chi connectivity index (χ3v) is 7.50. The van der Waals surface area contributed by atoms with Gasteiger partial charge in [-0.1, -0.05) is 6.07 Å². The maximum atomic E-state index is 13.1. The molecule has 2 aromatic carbocycles. The molecular formula is C31H34N8O4. The number of piperazine rings is 1. The molecule has 4 aromatic rings. The second-order valence-electron chi connectivity index (χ2n) is 10.4. The number of hydrogen-bond acceptors (Lipinski definition) is 11. The number of fused-ring (bicyclic) bond motifs is 1. The highest BCUT2D eigenvalue weighted by molar-refractivity contribution is 6.04. The van der Waals surface area contributed by atoms with Gasteiger partial charge in [-0.05, 0) is 42.5 Å². The molecule has 1 atom stereocenters. The SMILES string of the molecule is COCCN1CCN(c2ccnc(NC(=O)c3ccc4c(c3)NC(c3ccc(OCc5cccnc5)cc3O)N4)n2)CC1. The third kappa shape index (κ3) is 6.76. The van der Waals surface area contributed by atoms with Crippen LogP contribution < -0.4 is 25.6 Å². The van der Waals surface area contributed by atoms with Gasteiger partial charge in [0.25, 0.3) is 5.91 Å². The van der Waals surface area contributed by atoms with Gasteiger partial charge in [0.1, 0.15) is 30.1 Å². The molecule has 12 nitrogen and oxygen atoms in total. The van der Waals surface area contributed by atoms with Crippen LogP contribution in [0, 0.1) is 0 Å². The minimum Gasteiger partial charge on any atom is -0.507 e. The Labute approximate surface area is 249 Å². The van der Waals surface area contributed by atoms with Crippen molar-refractivity contribution >= 4 is 29.0 Å². The van der Waals surface area contributed by atoms with Crippen LogP contribution in [0.25, 0.3) is 0 Å². The number of aromatic hydroxyl groups is 1. The van der Waals surface area contributed by atoms with Gasteiger partial charge in [-0.25, -0.2) is 4.98 Å². The zero-order valence-electron chi connectivity index (χ0n) is 23.9. The fourth-order valence-electron chi connectivity index (χ4n) is 5.12. The van der Waals surface area contributed by atoms with Crippen LogP contribution in [0.1, 0.15) is 27.7 Å². The number of phenols is 1. The van der Waals surface area contributed by atoms with E-state index in [2.05, 4.69) is 40.7 Å². The van der Waals surface area contributed by atoms with E-state index in [0.717, 1.165) is 62.1 Å². The maximum absolute atomic E-state index is 13.1. The molecule has 2 aliphatic rings. The maximum Gasteiger partial charge on any atom is 0.258 e. The predicted molar refractivity (Wildman–Crippen MR) is 164 cm³/mol. The monoisotopic (exact) mass is 582 g/mol. The number of aromatic nitrogens is 3. The largest absolute Gasteiger partial charge is 0.507 e. The number of rotatable bonds is 10. The third-order valence-electron chi connectivity index (χ3n) is 7.50. The van der Waals surface area contributed by atoms with Crippen molar-refractivity contribution < 1.29 is 19.4 Å². The Kier molecular flexibility index (Phi) is 8.47. The molecule has 1 amide bonds. The number of anilines is 4. The van der Waals surface area contributed by atoms with Gasteiger partial charge in [-0.3, -0.25) is 20.0 Å². The summed E-state index contributed by atoms with van der Waals surface area (Å²) in [5, 5.41) is 20.3. The van der Waals surface area contributed by atoms with Crippen molar-refractivity contribution in [1.29, 1.82) is 0 Å². The molecule has 1 unspecified atom stereocenters. The zero-order valence-corrected chi connectivity index (χ0v) is 23.9. The first-order valence-electron chi connectivity index (χ1n) is 14.2. The van der Waals surface area contributed by atoms with Crippen LogP contribution in [-0.2, 0) is 11.3 Å². The van der Waals surface area contributed by atoms with Crippen LogP contribution in [0.3, 0.4) is 0 Å². The second-order valence-corrected chi connectivity index (χ2v) is 10.4. The molecule has 6 rings (SSSR count). The summed E-state index contributed by atoms with van der Waals surface area (Å²) in [6.45, 7) is 5.52. The van der Waals surface area contributed by atoms with Crippen LogP contribution in [0.4, 0.5) is 23.1 Å². The number of hydrogen-bond donors (Lipinski definition) is 4. The van der Waals surface area contributed by atoms with E-state index in [1.807, 2.05) is 36.4 Å². The van der Waals surface area contributed by atoms with Crippen molar-refractivity contribution in [2.45, 2.75) is 12.8 Å². The molecule has 1 saturated heterocycles. The number of carbonyl (C=O) groups is 1. The Balaban J connectivity index is 1.06. The van der Waals surface area contributed by atoms with Crippen molar-refractivity contribution in [3.63, 3.8) is 0 Å². The Hall–Kier alpha value is -4.94. The van der Waals surface area contributed by atoms with Crippen LogP contribution in [0.2, 0.25) is 0 Å². The van der Waals surface area contributed by atoms with Crippen LogP contribution >= 0.6 is 0 Å². The average molecular weight is 583 g/mol. The second kappa shape index (κ2) is 12.9. The van der Waals surface area contributed by atoms with Gasteiger partial charge >= 0.3 is 0 Å². The molecule has 2 aromatic heterocycles. The number of nitrogens with one attached hydrogen (secondary N) is 3. The van der Waals surface area contributed by atoms with E-state index < -0.39 is 0 Å². The highest BCUT2D eigenvalue weighted by Crippen LogP contribution is 2.39. The number of ether oxygens (including phenoxy) is 2. The number of pyridine rings is 1. The normalized spacial score (nSPS) is 16.2. The Morgan fingerprint density at radius 2 is 1.91 bits per heavy atom. The van der Waals surface area contributed by atoms with E-state index >= 15 is 0 Å².